The Labute approximate surface area is 153 Å². The van der Waals surface area contributed by atoms with E-state index in [1.165, 1.54) is 0 Å². The van der Waals surface area contributed by atoms with Crippen LogP contribution in [0, 0.1) is 0 Å². The summed E-state index contributed by atoms with van der Waals surface area (Å²) in [5, 5.41) is 18.9. The van der Waals surface area contributed by atoms with E-state index in [-0.39, 0.29) is 6.07 Å². The number of benzene rings is 1. The molecule has 0 aliphatic heterocycles. The molecule has 1 aromatic carbocycles. The van der Waals surface area contributed by atoms with E-state index in [9.17, 15) is 62.9 Å². The second-order valence-corrected chi connectivity index (χ2v) is 6.11. The SMILES string of the molecule is OC(c1cc2c(c(C(O)(C(F)(F)F)C(F)(F)F)c1)C=CC2)(C(F)(F)F)C(F)(F)F. The van der Waals surface area contributed by atoms with Gasteiger partial charge in [0.15, 0.2) is 0 Å². The maximum atomic E-state index is 13.1. The van der Waals surface area contributed by atoms with Crippen molar-refractivity contribution < 1.29 is 62.9 Å². The minimum absolute atomic E-state index is 0.00696. The van der Waals surface area contributed by atoms with Gasteiger partial charge in [0.2, 0.25) is 0 Å². The van der Waals surface area contributed by atoms with Gasteiger partial charge >= 0.3 is 24.7 Å². The van der Waals surface area contributed by atoms with Crippen molar-refractivity contribution >= 4 is 6.08 Å². The lowest BCUT2D eigenvalue weighted by Crippen LogP contribution is -2.56. The topological polar surface area (TPSA) is 40.5 Å². The van der Waals surface area contributed by atoms with Gasteiger partial charge in [0.05, 0.1) is 0 Å². The molecule has 0 fully saturated rings. The molecular formula is C15H8F12O2. The fourth-order valence-electron chi connectivity index (χ4n) is 2.85. The first kappa shape index (κ1) is 23.3. The van der Waals surface area contributed by atoms with Crippen LogP contribution in [0.4, 0.5) is 52.7 Å². The normalized spacial score (nSPS) is 16.3. The molecule has 164 valence electrons. The van der Waals surface area contributed by atoms with E-state index in [2.05, 4.69) is 0 Å². The molecule has 0 aromatic heterocycles. The second kappa shape index (κ2) is 6.27. The van der Waals surface area contributed by atoms with Crippen LogP contribution in [0.1, 0.15) is 22.3 Å². The molecule has 0 spiro atoms. The van der Waals surface area contributed by atoms with Crippen LogP contribution in [0.25, 0.3) is 6.08 Å². The standard InChI is InChI=1S/C15H8F12O2/c16-12(17,18)10(28,13(19,20)21)7-4-6-2-1-3-8(6)9(5-7)11(29,14(22,23)24)15(25,26)27/h1,3-5,28-29H,2H2. The van der Waals surface area contributed by atoms with Gasteiger partial charge in [-0.1, -0.05) is 18.2 Å². The quantitative estimate of drug-likeness (QED) is 0.634. The van der Waals surface area contributed by atoms with E-state index in [0.717, 1.165) is 6.08 Å². The molecular weight excluding hydrogens is 440 g/mol. The van der Waals surface area contributed by atoms with Crippen LogP contribution in [-0.4, -0.2) is 34.9 Å². The van der Waals surface area contributed by atoms with Gasteiger partial charge in [0, 0.05) is 11.1 Å². The highest BCUT2D eigenvalue weighted by Crippen LogP contribution is 2.55. The molecule has 0 heterocycles. The first-order chi connectivity index (χ1) is 12.7. The Morgan fingerprint density at radius 3 is 1.41 bits per heavy atom. The van der Waals surface area contributed by atoms with Crippen molar-refractivity contribution in [3.63, 3.8) is 0 Å². The molecule has 2 N–H and O–H groups in total. The van der Waals surface area contributed by atoms with Crippen molar-refractivity contribution in [2.24, 2.45) is 0 Å². The van der Waals surface area contributed by atoms with E-state index in [1.807, 2.05) is 0 Å². The molecule has 0 unspecified atom stereocenters. The summed E-state index contributed by atoms with van der Waals surface area (Å²) in [4.78, 5) is 0. The maximum Gasteiger partial charge on any atom is 0.430 e. The number of rotatable bonds is 2. The molecule has 1 aliphatic carbocycles. The third-order valence-corrected chi connectivity index (χ3v) is 4.34. The van der Waals surface area contributed by atoms with Crippen molar-refractivity contribution in [2.75, 3.05) is 0 Å². The van der Waals surface area contributed by atoms with Crippen molar-refractivity contribution in [1.82, 2.24) is 0 Å². The van der Waals surface area contributed by atoms with Gasteiger partial charge in [-0.05, 0) is 23.6 Å². The Bertz CT molecular complexity index is 798. The zero-order valence-corrected chi connectivity index (χ0v) is 13.4. The van der Waals surface area contributed by atoms with Crippen LogP contribution >= 0.6 is 0 Å². The van der Waals surface area contributed by atoms with E-state index in [1.54, 1.807) is 0 Å². The van der Waals surface area contributed by atoms with Gasteiger partial charge in [-0.3, -0.25) is 0 Å². The van der Waals surface area contributed by atoms with Gasteiger partial charge < -0.3 is 10.2 Å². The largest absolute Gasteiger partial charge is 0.430 e. The average Bonchev–Trinajstić information content (AvgIpc) is 2.96. The number of allylic oxidation sites excluding steroid dienone is 1. The van der Waals surface area contributed by atoms with E-state index in [0.29, 0.717) is 6.08 Å². The Morgan fingerprint density at radius 2 is 1.03 bits per heavy atom. The molecule has 2 nitrogen and oxygen atoms in total. The molecule has 29 heavy (non-hydrogen) atoms. The van der Waals surface area contributed by atoms with Crippen LogP contribution in [0.15, 0.2) is 18.2 Å². The number of hydrogen-bond acceptors (Lipinski definition) is 2. The van der Waals surface area contributed by atoms with Gasteiger partial charge in [-0.2, -0.15) is 52.7 Å². The van der Waals surface area contributed by atoms with Crippen LogP contribution in [0.2, 0.25) is 0 Å². The third-order valence-electron chi connectivity index (χ3n) is 4.34. The van der Waals surface area contributed by atoms with Crippen molar-refractivity contribution in [2.45, 2.75) is 42.3 Å². The van der Waals surface area contributed by atoms with Crippen LogP contribution in [-0.2, 0) is 17.6 Å². The molecule has 0 bridgehead atoms. The number of halogens is 12. The molecule has 0 amide bonds. The minimum Gasteiger partial charge on any atom is -0.369 e. The Balaban J connectivity index is 2.98. The molecule has 1 aromatic rings. The number of aliphatic hydroxyl groups is 2. The average molecular weight is 448 g/mol. The molecule has 1 aliphatic rings. The van der Waals surface area contributed by atoms with Crippen LogP contribution in [0.3, 0.4) is 0 Å². The lowest BCUT2D eigenvalue weighted by molar-refractivity contribution is -0.378. The lowest BCUT2D eigenvalue weighted by atomic mass is 9.81. The lowest BCUT2D eigenvalue weighted by Gasteiger charge is -2.37. The molecule has 14 heteroatoms. The minimum atomic E-state index is -6.57. The summed E-state index contributed by atoms with van der Waals surface area (Å²) in [5.74, 6) is 0. The highest BCUT2D eigenvalue weighted by atomic mass is 19.4. The van der Waals surface area contributed by atoms with Gasteiger partial charge in [0.25, 0.3) is 11.2 Å². The highest BCUT2D eigenvalue weighted by Gasteiger charge is 2.74. The van der Waals surface area contributed by atoms with E-state index >= 15 is 0 Å². The summed E-state index contributed by atoms with van der Waals surface area (Å²) in [7, 11) is 0. The zero-order valence-electron chi connectivity index (χ0n) is 13.4. The number of hydrogen-bond donors (Lipinski definition) is 2. The third kappa shape index (κ3) is 3.25. The number of fused-ring (bicyclic) bond motifs is 1. The highest BCUT2D eigenvalue weighted by molar-refractivity contribution is 5.66. The summed E-state index contributed by atoms with van der Waals surface area (Å²) >= 11 is 0. The fourth-order valence-corrected chi connectivity index (χ4v) is 2.85. The molecule has 2 rings (SSSR count). The van der Waals surface area contributed by atoms with Crippen molar-refractivity contribution in [3.8, 4) is 0 Å². The Morgan fingerprint density at radius 1 is 0.621 bits per heavy atom. The first-order valence-electron chi connectivity index (χ1n) is 7.25. The second-order valence-electron chi connectivity index (χ2n) is 6.11. The van der Waals surface area contributed by atoms with E-state index < -0.39 is 70.6 Å². The summed E-state index contributed by atoms with van der Waals surface area (Å²) in [6.45, 7) is 0. The van der Waals surface area contributed by atoms with Gasteiger partial charge in [-0.25, -0.2) is 0 Å². The van der Waals surface area contributed by atoms with Gasteiger partial charge in [-0.15, -0.1) is 0 Å². The monoisotopic (exact) mass is 448 g/mol. The maximum absolute atomic E-state index is 13.1. The summed E-state index contributed by atoms with van der Waals surface area (Å²) in [6, 6.07) is -0.788. The summed E-state index contributed by atoms with van der Waals surface area (Å²) in [5.41, 5.74) is -18.1. The molecule has 0 atom stereocenters. The first-order valence-corrected chi connectivity index (χ1v) is 7.25. The molecule has 0 radical (unpaired) electrons. The molecule has 0 saturated heterocycles. The zero-order chi connectivity index (χ0) is 22.8. The van der Waals surface area contributed by atoms with Crippen molar-refractivity contribution in [3.05, 3.63) is 40.5 Å². The fraction of sp³-hybridized carbons (Fsp3) is 0.467. The summed E-state index contributed by atoms with van der Waals surface area (Å²) < 4.78 is 157. The predicted molar refractivity (Wildman–Crippen MR) is 71.2 cm³/mol. The smallest absolute Gasteiger partial charge is 0.369 e. The molecule has 0 saturated carbocycles. The number of alkyl halides is 12. The Kier molecular flexibility index (Phi) is 5.04. The van der Waals surface area contributed by atoms with Crippen LogP contribution in [0.5, 0.6) is 0 Å². The van der Waals surface area contributed by atoms with E-state index in [4.69, 9.17) is 0 Å². The van der Waals surface area contributed by atoms with Crippen molar-refractivity contribution in [1.29, 1.82) is 0 Å². The predicted octanol–water partition coefficient (Wildman–Crippen LogP) is 4.88. The Hall–Kier alpha value is -1.96. The summed E-state index contributed by atoms with van der Waals surface area (Å²) in [6.07, 6.45) is -25.4. The van der Waals surface area contributed by atoms with Gasteiger partial charge in [0.1, 0.15) is 0 Å². The van der Waals surface area contributed by atoms with Crippen LogP contribution < -0.4 is 0 Å².